The number of thiophene rings is 1. The second-order valence-electron chi connectivity index (χ2n) is 4.84. The molecule has 0 aliphatic heterocycles. The molecule has 0 radical (unpaired) electrons. The highest BCUT2D eigenvalue weighted by atomic mass is 79.9. The third kappa shape index (κ3) is 3.31. The monoisotopic (exact) mass is 418 g/mol. The summed E-state index contributed by atoms with van der Waals surface area (Å²) in [5.41, 5.74) is 1.06. The zero-order chi connectivity index (χ0) is 16.4. The average molecular weight is 419 g/mol. The molecule has 4 aromatic rings. The lowest BCUT2D eigenvalue weighted by Gasteiger charge is -2.06. The van der Waals surface area contributed by atoms with E-state index in [2.05, 4.69) is 31.1 Å². The number of hydrogen-bond donors (Lipinski definition) is 0. The Kier molecular flexibility index (Phi) is 4.50. The van der Waals surface area contributed by atoms with Crippen LogP contribution in [0.1, 0.15) is 5.82 Å². The first-order valence-corrected chi connectivity index (χ1v) is 9.74. The predicted octanol–water partition coefficient (Wildman–Crippen LogP) is 5.04. The van der Waals surface area contributed by atoms with Crippen molar-refractivity contribution < 1.29 is 4.52 Å². The van der Waals surface area contributed by atoms with Crippen molar-refractivity contribution in [3.63, 3.8) is 0 Å². The lowest BCUT2D eigenvalue weighted by Crippen LogP contribution is -1.95. The summed E-state index contributed by atoms with van der Waals surface area (Å²) in [5.74, 6) is 1.83. The summed E-state index contributed by atoms with van der Waals surface area (Å²) in [6.07, 6.45) is 3.73. The van der Waals surface area contributed by atoms with Crippen molar-refractivity contribution in [1.82, 2.24) is 19.7 Å². The van der Waals surface area contributed by atoms with E-state index in [-0.39, 0.29) is 0 Å². The molecule has 0 fully saturated rings. The number of aromatic nitrogens is 4. The third-order valence-electron chi connectivity index (χ3n) is 3.24. The highest BCUT2D eigenvalue weighted by Crippen LogP contribution is 2.26. The van der Waals surface area contributed by atoms with Gasteiger partial charge >= 0.3 is 0 Å². The molecule has 3 aromatic heterocycles. The molecule has 0 N–H and O–H groups in total. The van der Waals surface area contributed by atoms with E-state index in [0.29, 0.717) is 17.5 Å². The van der Waals surface area contributed by atoms with Gasteiger partial charge in [0.25, 0.3) is 5.89 Å². The van der Waals surface area contributed by atoms with E-state index < -0.39 is 0 Å². The summed E-state index contributed by atoms with van der Waals surface area (Å²) in [4.78, 5) is 9.83. The van der Waals surface area contributed by atoms with Gasteiger partial charge in [0, 0.05) is 22.6 Å². The second kappa shape index (κ2) is 6.92. The molecular weight excluding hydrogens is 408 g/mol. The van der Waals surface area contributed by atoms with Gasteiger partial charge in [-0.3, -0.25) is 4.57 Å². The Morgan fingerprint density at radius 1 is 1.21 bits per heavy atom. The average Bonchev–Trinajstić information content (AvgIpc) is 3.34. The summed E-state index contributed by atoms with van der Waals surface area (Å²) in [7, 11) is 0. The highest BCUT2D eigenvalue weighted by molar-refractivity contribution is 9.10. The molecule has 0 saturated carbocycles. The summed E-state index contributed by atoms with van der Waals surface area (Å²) in [6.45, 7) is 0. The Morgan fingerprint density at radius 2 is 2.08 bits per heavy atom. The van der Waals surface area contributed by atoms with Gasteiger partial charge in [-0.15, -0.1) is 11.3 Å². The Labute approximate surface area is 154 Å². The molecule has 24 heavy (non-hydrogen) atoms. The summed E-state index contributed by atoms with van der Waals surface area (Å²) < 4.78 is 8.40. The van der Waals surface area contributed by atoms with Gasteiger partial charge in [0.2, 0.25) is 0 Å². The predicted molar refractivity (Wildman–Crippen MR) is 98.4 cm³/mol. The molecule has 0 bridgehead atoms. The number of hydrogen-bond acceptors (Lipinski definition) is 6. The van der Waals surface area contributed by atoms with Crippen molar-refractivity contribution in [2.45, 2.75) is 10.9 Å². The van der Waals surface area contributed by atoms with Crippen molar-refractivity contribution in [2.24, 2.45) is 0 Å². The van der Waals surface area contributed by atoms with E-state index in [1.165, 1.54) is 0 Å². The Bertz CT molecular complexity index is 931. The summed E-state index contributed by atoms with van der Waals surface area (Å²) >= 11 is 6.61. The largest absolute Gasteiger partial charge is 0.333 e. The Balaban J connectivity index is 1.49. The lowest BCUT2D eigenvalue weighted by molar-refractivity contribution is 0.426. The topological polar surface area (TPSA) is 56.7 Å². The standard InChI is InChI=1S/C16H11BrN4OS2/c17-11-3-5-12(6-4-11)21-8-7-18-16(21)24-10-14-19-15(22-20-14)13-2-1-9-23-13/h1-9H,10H2. The lowest BCUT2D eigenvalue weighted by atomic mass is 10.3. The van der Waals surface area contributed by atoms with E-state index in [1.54, 1.807) is 29.3 Å². The van der Waals surface area contributed by atoms with E-state index in [9.17, 15) is 0 Å². The molecule has 0 aliphatic rings. The molecule has 0 saturated heterocycles. The van der Waals surface area contributed by atoms with Crippen molar-refractivity contribution in [1.29, 1.82) is 0 Å². The number of thioether (sulfide) groups is 1. The summed E-state index contributed by atoms with van der Waals surface area (Å²) in [6, 6.07) is 12.0. The van der Waals surface area contributed by atoms with Crippen LogP contribution in [0.15, 0.2) is 68.3 Å². The first kappa shape index (κ1) is 15.6. The fourth-order valence-corrected chi connectivity index (χ4v) is 3.86. The van der Waals surface area contributed by atoms with E-state index in [0.717, 1.165) is 20.2 Å². The normalized spacial score (nSPS) is 11.0. The van der Waals surface area contributed by atoms with Gasteiger partial charge in [0.15, 0.2) is 11.0 Å². The Hall–Kier alpha value is -1.90. The molecule has 1 aromatic carbocycles. The van der Waals surface area contributed by atoms with Gasteiger partial charge in [-0.05, 0) is 35.7 Å². The number of halogens is 1. The maximum atomic E-state index is 5.31. The molecular formula is C16H11BrN4OS2. The fraction of sp³-hybridized carbons (Fsp3) is 0.0625. The van der Waals surface area contributed by atoms with Gasteiger partial charge in [-0.2, -0.15) is 4.98 Å². The van der Waals surface area contributed by atoms with Gasteiger partial charge in [-0.1, -0.05) is 38.9 Å². The van der Waals surface area contributed by atoms with Crippen molar-refractivity contribution in [3.05, 3.63) is 64.5 Å². The van der Waals surface area contributed by atoms with E-state index in [1.807, 2.05) is 52.5 Å². The zero-order valence-corrected chi connectivity index (χ0v) is 15.5. The molecule has 0 spiro atoms. The smallest absolute Gasteiger partial charge is 0.268 e. The van der Waals surface area contributed by atoms with Crippen LogP contribution in [0, 0.1) is 0 Å². The molecule has 4 rings (SSSR count). The van der Waals surface area contributed by atoms with Crippen LogP contribution in [0.2, 0.25) is 0 Å². The van der Waals surface area contributed by atoms with Crippen molar-refractivity contribution >= 4 is 39.0 Å². The Morgan fingerprint density at radius 3 is 2.88 bits per heavy atom. The van der Waals surface area contributed by atoms with E-state index >= 15 is 0 Å². The molecule has 0 unspecified atom stereocenters. The quantitative estimate of drug-likeness (QED) is 0.425. The van der Waals surface area contributed by atoms with Crippen LogP contribution in [-0.4, -0.2) is 19.7 Å². The van der Waals surface area contributed by atoms with Crippen LogP contribution >= 0.6 is 39.0 Å². The zero-order valence-electron chi connectivity index (χ0n) is 12.3. The molecule has 0 atom stereocenters. The van der Waals surface area contributed by atoms with Gasteiger partial charge in [-0.25, -0.2) is 4.98 Å². The first-order valence-electron chi connectivity index (χ1n) is 7.08. The maximum Gasteiger partial charge on any atom is 0.268 e. The van der Waals surface area contributed by atoms with Crippen molar-refractivity contribution in [3.8, 4) is 16.5 Å². The van der Waals surface area contributed by atoms with Crippen LogP contribution in [0.25, 0.3) is 16.5 Å². The minimum Gasteiger partial charge on any atom is -0.333 e. The molecule has 3 heterocycles. The van der Waals surface area contributed by atoms with Crippen LogP contribution in [0.4, 0.5) is 0 Å². The molecule has 5 nitrogen and oxygen atoms in total. The minimum absolute atomic E-state index is 0.567. The molecule has 0 aliphatic carbocycles. The van der Waals surface area contributed by atoms with Crippen LogP contribution in [0.3, 0.4) is 0 Å². The molecule has 8 heteroatoms. The number of rotatable bonds is 5. The number of benzene rings is 1. The first-order chi connectivity index (χ1) is 11.8. The highest BCUT2D eigenvalue weighted by Gasteiger charge is 2.12. The number of imidazole rings is 1. The minimum atomic E-state index is 0.567. The van der Waals surface area contributed by atoms with Crippen LogP contribution in [-0.2, 0) is 5.75 Å². The van der Waals surface area contributed by atoms with Crippen molar-refractivity contribution in [2.75, 3.05) is 0 Å². The van der Waals surface area contributed by atoms with Gasteiger partial charge < -0.3 is 4.52 Å². The van der Waals surface area contributed by atoms with Crippen LogP contribution < -0.4 is 0 Å². The van der Waals surface area contributed by atoms with Gasteiger partial charge in [0.1, 0.15) is 0 Å². The maximum absolute atomic E-state index is 5.31. The third-order valence-corrected chi connectivity index (χ3v) is 5.59. The van der Waals surface area contributed by atoms with Crippen LogP contribution in [0.5, 0.6) is 0 Å². The molecule has 120 valence electrons. The van der Waals surface area contributed by atoms with E-state index in [4.69, 9.17) is 4.52 Å². The number of nitrogens with zero attached hydrogens (tertiary/aromatic N) is 4. The van der Waals surface area contributed by atoms with Gasteiger partial charge in [0.05, 0.1) is 10.6 Å². The summed E-state index contributed by atoms with van der Waals surface area (Å²) in [5, 5.41) is 6.92. The fourth-order valence-electron chi connectivity index (χ4n) is 2.14. The second-order valence-corrected chi connectivity index (χ2v) is 7.64. The SMILES string of the molecule is Brc1ccc(-n2ccnc2SCc2noc(-c3cccs3)n2)cc1. The molecule has 0 amide bonds.